The van der Waals surface area contributed by atoms with Gasteiger partial charge in [-0.05, 0) is 74.1 Å². The predicted octanol–water partition coefficient (Wildman–Crippen LogP) is 5.20. The van der Waals surface area contributed by atoms with Gasteiger partial charge in [-0.1, -0.05) is 55.8 Å². The van der Waals surface area contributed by atoms with Crippen LogP contribution in [0.4, 0.5) is 0 Å². The fourth-order valence-electron chi connectivity index (χ4n) is 4.86. The van der Waals surface area contributed by atoms with Crippen LogP contribution in [0, 0.1) is 5.92 Å². The highest BCUT2D eigenvalue weighted by Crippen LogP contribution is 2.26. The first kappa shape index (κ1) is 26.0. The lowest BCUT2D eigenvalue weighted by Crippen LogP contribution is -2.35. The zero-order valence-electron chi connectivity index (χ0n) is 20.6. The topological polar surface area (TPSA) is 66.8 Å². The summed E-state index contributed by atoms with van der Waals surface area (Å²) in [6.07, 6.45) is 7.88. The second-order valence-electron chi connectivity index (χ2n) is 9.57. The maximum Gasteiger partial charge on any atom is 0.337 e. The smallest absolute Gasteiger partial charge is 0.337 e. The number of aryl methyl sites for hydroxylation is 1. The van der Waals surface area contributed by atoms with Crippen LogP contribution in [0.25, 0.3) is 0 Å². The highest BCUT2D eigenvalue weighted by atomic mass is 16.5. The van der Waals surface area contributed by atoms with Crippen molar-refractivity contribution in [3.63, 3.8) is 0 Å². The van der Waals surface area contributed by atoms with Crippen molar-refractivity contribution in [3.05, 3.63) is 71.3 Å². The molecule has 34 heavy (non-hydrogen) atoms. The Morgan fingerprint density at radius 2 is 1.74 bits per heavy atom. The number of amides is 1. The van der Waals surface area contributed by atoms with E-state index in [0.717, 1.165) is 56.9 Å². The third-order valence-electron chi connectivity index (χ3n) is 7.14. The van der Waals surface area contributed by atoms with Crippen LogP contribution in [-0.4, -0.2) is 47.7 Å². The van der Waals surface area contributed by atoms with Crippen molar-refractivity contribution < 1.29 is 19.4 Å². The van der Waals surface area contributed by atoms with E-state index in [2.05, 4.69) is 31.2 Å². The number of likely N-dealkylation sites (tertiary alicyclic amines) is 1. The lowest BCUT2D eigenvalue weighted by Gasteiger charge is -2.27. The first-order valence-electron chi connectivity index (χ1n) is 12.7. The molecule has 1 heterocycles. The number of methoxy groups -OCH3 is 1. The summed E-state index contributed by atoms with van der Waals surface area (Å²) in [5, 5.41) is 10.7. The summed E-state index contributed by atoms with van der Waals surface area (Å²) in [4.78, 5) is 26.0. The van der Waals surface area contributed by atoms with Gasteiger partial charge >= 0.3 is 5.97 Å². The number of carbonyl (C=O) groups is 2. The molecule has 1 saturated heterocycles. The zero-order valence-corrected chi connectivity index (χ0v) is 20.6. The van der Waals surface area contributed by atoms with Crippen molar-refractivity contribution in [3.8, 4) is 0 Å². The van der Waals surface area contributed by atoms with E-state index in [-0.39, 0.29) is 29.9 Å². The van der Waals surface area contributed by atoms with Crippen LogP contribution in [0.1, 0.15) is 73.4 Å². The molecule has 2 aromatic rings. The van der Waals surface area contributed by atoms with Crippen LogP contribution >= 0.6 is 0 Å². The molecule has 0 radical (unpaired) electrons. The lowest BCUT2D eigenvalue weighted by atomic mass is 9.92. The highest BCUT2D eigenvalue weighted by molar-refractivity contribution is 5.89. The average Bonchev–Trinajstić information content (AvgIpc) is 3.23. The fourth-order valence-corrected chi connectivity index (χ4v) is 4.86. The van der Waals surface area contributed by atoms with Gasteiger partial charge in [0.15, 0.2) is 0 Å². The van der Waals surface area contributed by atoms with Crippen molar-refractivity contribution in [2.75, 3.05) is 13.7 Å². The minimum atomic E-state index is -0.342. The number of aliphatic hydroxyl groups is 1. The summed E-state index contributed by atoms with van der Waals surface area (Å²) in [6.45, 7) is 2.81. The maximum atomic E-state index is 12.5. The standard InChI is InChI=1S/C29H39NO4/c1-22(8-6-7-11-23-9-4-3-5-10-23)27(31)18-16-26-17-19-28(32)30(26)21-20-24-12-14-25(15-13-24)29(33)34-2/h3-5,9-10,12-15,22,26-27,31H,6-8,11,16-21H2,1-2H3/t22-,26?,27+/m0/s1. The summed E-state index contributed by atoms with van der Waals surface area (Å²) in [5.41, 5.74) is 3.00. The van der Waals surface area contributed by atoms with E-state index in [1.165, 1.54) is 12.7 Å². The summed E-state index contributed by atoms with van der Waals surface area (Å²) in [6, 6.07) is 18.1. The number of unbranched alkanes of at least 4 members (excludes halogenated alkanes) is 1. The van der Waals surface area contributed by atoms with Gasteiger partial charge in [0.2, 0.25) is 5.91 Å². The normalized spacial score (nSPS) is 17.6. The Morgan fingerprint density at radius 3 is 2.44 bits per heavy atom. The summed E-state index contributed by atoms with van der Waals surface area (Å²) in [5.74, 6) is 0.139. The number of aliphatic hydroxyl groups excluding tert-OH is 1. The maximum absolute atomic E-state index is 12.5. The van der Waals surface area contributed by atoms with Gasteiger partial charge in [-0.15, -0.1) is 0 Å². The Hall–Kier alpha value is -2.66. The van der Waals surface area contributed by atoms with Crippen molar-refractivity contribution in [1.29, 1.82) is 0 Å². The predicted molar refractivity (Wildman–Crippen MR) is 135 cm³/mol. The minimum absolute atomic E-state index is 0.208. The van der Waals surface area contributed by atoms with Gasteiger partial charge in [0.1, 0.15) is 0 Å². The van der Waals surface area contributed by atoms with E-state index in [4.69, 9.17) is 4.74 Å². The molecule has 184 valence electrons. The minimum Gasteiger partial charge on any atom is -0.465 e. The molecule has 1 fully saturated rings. The number of esters is 1. The molecule has 5 nitrogen and oxygen atoms in total. The molecule has 0 aliphatic carbocycles. The molecule has 0 bridgehead atoms. The van der Waals surface area contributed by atoms with Crippen LogP contribution in [0.2, 0.25) is 0 Å². The van der Waals surface area contributed by atoms with Crippen LogP contribution in [0.5, 0.6) is 0 Å². The molecular formula is C29H39NO4. The molecule has 3 atom stereocenters. The van der Waals surface area contributed by atoms with Crippen molar-refractivity contribution >= 4 is 11.9 Å². The second kappa shape index (κ2) is 13.3. The fraction of sp³-hybridized carbons (Fsp3) is 0.517. The number of nitrogens with zero attached hydrogens (tertiary/aromatic N) is 1. The van der Waals surface area contributed by atoms with Gasteiger partial charge in [-0.2, -0.15) is 0 Å². The molecule has 2 aromatic carbocycles. The Morgan fingerprint density at radius 1 is 1.03 bits per heavy atom. The number of rotatable bonds is 13. The van der Waals surface area contributed by atoms with E-state index in [1.807, 2.05) is 23.1 Å². The zero-order chi connectivity index (χ0) is 24.3. The number of carbonyl (C=O) groups excluding carboxylic acids is 2. The Labute approximate surface area is 204 Å². The third kappa shape index (κ3) is 7.69. The van der Waals surface area contributed by atoms with Crippen LogP contribution in [0.15, 0.2) is 54.6 Å². The number of ether oxygens (including phenoxy) is 1. The first-order valence-corrected chi connectivity index (χ1v) is 12.7. The number of hydrogen-bond acceptors (Lipinski definition) is 4. The van der Waals surface area contributed by atoms with Gasteiger partial charge in [-0.3, -0.25) is 4.79 Å². The quantitative estimate of drug-likeness (QED) is 0.326. The Kier molecular flexibility index (Phi) is 10.1. The molecule has 0 saturated carbocycles. The van der Waals surface area contributed by atoms with Gasteiger partial charge < -0.3 is 14.7 Å². The Bertz CT molecular complexity index is 896. The van der Waals surface area contributed by atoms with Gasteiger partial charge in [0, 0.05) is 19.0 Å². The molecule has 0 aromatic heterocycles. The molecule has 1 aliphatic rings. The summed E-state index contributed by atoms with van der Waals surface area (Å²) in [7, 11) is 1.37. The Balaban J connectivity index is 1.38. The second-order valence-corrected chi connectivity index (χ2v) is 9.57. The summed E-state index contributed by atoms with van der Waals surface area (Å²) >= 11 is 0. The first-order chi connectivity index (χ1) is 16.5. The SMILES string of the molecule is COC(=O)c1ccc(CCN2C(=O)CCC2CC[C@@H](O)[C@@H](C)CCCCc2ccccc2)cc1. The molecule has 1 amide bonds. The molecule has 1 N–H and O–H groups in total. The van der Waals surface area contributed by atoms with Crippen molar-refractivity contribution in [1.82, 2.24) is 4.90 Å². The van der Waals surface area contributed by atoms with E-state index in [9.17, 15) is 14.7 Å². The van der Waals surface area contributed by atoms with E-state index < -0.39 is 0 Å². The van der Waals surface area contributed by atoms with Crippen LogP contribution in [0.3, 0.4) is 0 Å². The molecule has 1 unspecified atom stereocenters. The highest BCUT2D eigenvalue weighted by Gasteiger charge is 2.31. The molecule has 1 aliphatic heterocycles. The largest absolute Gasteiger partial charge is 0.465 e. The van der Waals surface area contributed by atoms with E-state index >= 15 is 0 Å². The van der Waals surface area contributed by atoms with Gasteiger partial charge in [0.05, 0.1) is 18.8 Å². The molecule has 3 rings (SSSR count). The monoisotopic (exact) mass is 465 g/mol. The molecule has 5 heteroatoms. The van der Waals surface area contributed by atoms with Gasteiger partial charge in [-0.25, -0.2) is 4.79 Å². The molecule has 0 spiro atoms. The molecular weight excluding hydrogens is 426 g/mol. The third-order valence-corrected chi connectivity index (χ3v) is 7.14. The number of benzene rings is 2. The number of hydrogen-bond donors (Lipinski definition) is 1. The van der Waals surface area contributed by atoms with Crippen molar-refractivity contribution in [2.45, 2.75) is 76.9 Å². The lowest BCUT2D eigenvalue weighted by molar-refractivity contribution is -0.129. The summed E-state index contributed by atoms with van der Waals surface area (Å²) < 4.78 is 4.74. The van der Waals surface area contributed by atoms with Crippen molar-refractivity contribution in [2.24, 2.45) is 5.92 Å². The van der Waals surface area contributed by atoms with E-state index in [1.54, 1.807) is 12.1 Å². The van der Waals surface area contributed by atoms with E-state index in [0.29, 0.717) is 18.5 Å². The average molecular weight is 466 g/mol. The van der Waals surface area contributed by atoms with Crippen LogP contribution in [-0.2, 0) is 22.4 Å². The van der Waals surface area contributed by atoms with Gasteiger partial charge in [0.25, 0.3) is 0 Å². The van der Waals surface area contributed by atoms with Crippen LogP contribution < -0.4 is 0 Å².